The van der Waals surface area contributed by atoms with Crippen LogP contribution in [-0.2, 0) is 30.1 Å². The van der Waals surface area contributed by atoms with E-state index in [0.717, 1.165) is 32.9 Å². The van der Waals surface area contributed by atoms with Crippen LogP contribution in [0.4, 0.5) is 5.69 Å². The largest absolute Gasteiger partial charge is 0.489 e. The maximum absolute atomic E-state index is 11.2. The van der Waals surface area contributed by atoms with Crippen LogP contribution in [0.25, 0.3) is 0 Å². The van der Waals surface area contributed by atoms with Gasteiger partial charge in [-0.15, -0.1) is 0 Å². The molecule has 33 heavy (non-hydrogen) atoms. The second-order valence-electron chi connectivity index (χ2n) is 6.70. The van der Waals surface area contributed by atoms with Gasteiger partial charge in [-0.1, -0.05) is 30.3 Å². The van der Waals surface area contributed by atoms with Crippen molar-refractivity contribution in [3.05, 3.63) is 64.2 Å². The molecule has 2 aromatic rings. The molecule has 182 valence electrons. The summed E-state index contributed by atoms with van der Waals surface area (Å²) in [5, 5.41) is 11.2. The van der Waals surface area contributed by atoms with E-state index in [4.69, 9.17) is 14.2 Å². The Balaban J connectivity index is 0.000000479. The zero-order chi connectivity index (χ0) is 24.1. The Bertz CT molecular complexity index is 955. The summed E-state index contributed by atoms with van der Waals surface area (Å²) < 4.78 is 44.3. The molecule has 0 N–H and O–H groups in total. The molecular formula is C21H28N2O9S. The second kappa shape index (κ2) is 13.7. The van der Waals surface area contributed by atoms with Gasteiger partial charge in [0.25, 0.3) is 0 Å². The standard InChI is InChI=1S/C19H22N2O5.C2H6O4S/c22-21(23)18-7-6-17(26-15-16-4-2-1-3-5-16)14-19(18)25-13-10-20-8-11-24-12-9-20;1-5-7(3,4)6-2/h1-7,14H,8-13,15H2;1-2H3. The zero-order valence-corrected chi connectivity index (χ0v) is 19.4. The summed E-state index contributed by atoms with van der Waals surface area (Å²) >= 11 is 0. The van der Waals surface area contributed by atoms with E-state index in [1.165, 1.54) is 6.07 Å². The highest BCUT2D eigenvalue weighted by atomic mass is 32.3. The minimum Gasteiger partial charge on any atom is -0.489 e. The summed E-state index contributed by atoms with van der Waals surface area (Å²) in [6.45, 7) is 4.60. The van der Waals surface area contributed by atoms with E-state index in [-0.39, 0.29) is 11.4 Å². The molecule has 11 nitrogen and oxygen atoms in total. The maximum Gasteiger partial charge on any atom is 0.399 e. The van der Waals surface area contributed by atoms with Crippen molar-refractivity contribution < 1.29 is 35.9 Å². The number of benzene rings is 2. The van der Waals surface area contributed by atoms with Crippen LogP contribution >= 0.6 is 0 Å². The van der Waals surface area contributed by atoms with Crippen molar-refractivity contribution in [1.29, 1.82) is 0 Å². The van der Waals surface area contributed by atoms with Crippen LogP contribution < -0.4 is 9.47 Å². The number of nitro benzene ring substituents is 1. The van der Waals surface area contributed by atoms with Crippen LogP contribution in [0.3, 0.4) is 0 Å². The third kappa shape index (κ3) is 9.72. The van der Waals surface area contributed by atoms with Crippen molar-refractivity contribution in [3.8, 4) is 11.5 Å². The maximum atomic E-state index is 11.2. The van der Waals surface area contributed by atoms with Crippen molar-refractivity contribution in [2.45, 2.75) is 6.61 Å². The summed E-state index contributed by atoms with van der Waals surface area (Å²) in [4.78, 5) is 13.0. The topological polar surface area (TPSA) is 127 Å². The van der Waals surface area contributed by atoms with E-state index in [9.17, 15) is 18.5 Å². The molecule has 2 aromatic carbocycles. The number of hydrogen-bond donors (Lipinski definition) is 0. The lowest BCUT2D eigenvalue weighted by Gasteiger charge is -2.26. The number of morpholine rings is 1. The average molecular weight is 485 g/mol. The molecule has 1 heterocycles. The number of nitrogens with zero attached hydrogens (tertiary/aromatic N) is 2. The van der Waals surface area contributed by atoms with E-state index in [2.05, 4.69) is 13.3 Å². The number of hydrogen-bond acceptors (Lipinski definition) is 10. The van der Waals surface area contributed by atoms with Crippen LogP contribution in [0.5, 0.6) is 11.5 Å². The molecular weight excluding hydrogens is 456 g/mol. The molecule has 0 amide bonds. The molecule has 0 aromatic heterocycles. The highest BCUT2D eigenvalue weighted by Crippen LogP contribution is 2.31. The minimum atomic E-state index is -3.66. The van der Waals surface area contributed by atoms with Gasteiger partial charge in [-0.2, -0.15) is 8.42 Å². The Hall–Kier alpha value is -2.77. The number of ether oxygens (including phenoxy) is 3. The SMILES string of the molecule is COS(=O)(=O)OC.O=[N+]([O-])c1ccc(OCc2ccccc2)cc1OCCN1CCOCC1. The van der Waals surface area contributed by atoms with Gasteiger partial charge >= 0.3 is 16.1 Å². The quantitative estimate of drug-likeness (QED) is 0.366. The molecule has 1 aliphatic rings. The van der Waals surface area contributed by atoms with Crippen LogP contribution in [0, 0.1) is 10.1 Å². The Morgan fingerprint density at radius 1 is 1.03 bits per heavy atom. The number of rotatable bonds is 10. The summed E-state index contributed by atoms with van der Waals surface area (Å²) in [7, 11) is -1.60. The molecule has 1 fully saturated rings. The fourth-order valence-electron chi connectivity index (χ4n) is 2.77. The Kier molecular flexibility index (Phi) is 11.0. The van der Waals surface area contributed by atoms with E-state index < -0.39 is 15.3 Å². The Labute approximate surface area is 193 Å². The molecule has 0 atom stereocenters. The van der Waals surface area contributed by atoms with Crippen LogP contribution in [-0.4, -0.2) is 71.9 Å². The van der Waals surface area contributed by atoms with Gasteiger partial charge in [-0.3, -0.25) is 23.4 Å². The first-order valence-corrected chi connectivity index (χ1v) is 11.4. The van der Waals surface area contributed by atoms with Gasteiger partial charge in [-0.05, 0) is 11.6 Å². The highest BCUT2D eigenvalue weighted by Gasteiger charge is 2.17. The van der Waals surface area contributed by atoms with E-state index >= 15 is 0 Å². The molecule has 0 spiro atoms. The van der Waals surface area contributed by atoms with Gasteiger partial charge in [0.05, 0.1) is 32.4 Å². The van der Waals surface area contributed by atoms with Crippen molar-refractivity contribution in [2.75, 3.05) is 53.7 Å². The summed E-state index contributed by atoms with van der Waals surface area (Å²) in [6, 6.07) is 14.3. The lowest BCUT2D eigenvalue weighted by molar-refractivity contribution is -0.385. The first-order valence-electron chi connectivity index (χ1n) is 10.1. The van der Waals surface area contributed by atoms with Crippen LogP contribution in [0.2, 0.25) is 0 Å². The first-order chi connectivity index (χ1) is 15.8. The monoisotopic (exact) mass is 484 g/mol. The smallest absolute Gasteiger partial charge is 0.399 e. The predicted molar refractivity (Wildman–Crippen MR) is 120 cm³/mol. The van der Waals surface area contributed by atoms with Gasteiger partial charge in [0.2, 0.25) is 5.75 Å². The second-order valence-corrected chi connectivity index (χ2v) is 8.19. The van der Waals surface area contributed by atoms with E-state index in [1.807, 2.05) is 30.3 Å². The molecule has 0 unspecified atom stereocenters. The highest BCUT2D eigenvalue weighted by molar-refractivity contribution is 7.81. The third-order valence-corrected chi connectivity index (χ3v) is 5.37. The molecule has 0 bridgehead atoms. The minimum absolute atomic E-state index is 0.0564. The van der Waals surface area contributed by atoms with Crippen molar-refractivity contribution in [3.63, 3.8) is 0 Å². The van der Waals surface area contributed by atoms with Crippen LogP contribution in [0.1, 0.15) is 5.56 Å². The molecule has 12 heteroatoms. The first kappa shape index (κ1) is 26.5. The zero-order valence-electron chi connectivity index (χ0n) is 18.5. The van der Waals surface area contributed by atoms with Gasteiger partial charge in [0.15, 0.2) is 0 Å². The van der Waals surface area contributed by atoms with Crippen molar-refractivity contribution in [1.82, 2.24) is 4.90 Å². The lowest BCUT2D eigenvalue weighted by atomic mass is 10.2. The van der Waals surface area contributed by atoms with Gasteiger partial charge in [-0.25, -0.2) is 0 Å². The molecule has 0 saturated carbocycles. The summed E-state index contributed by atoms with van der Waals surface area (Å²) in [5.41, 5.74) is 0.972. The molecule has 0 radical (unpaired) electrons. The molecule has 1 aliphatic heterocycles. The van der Waals surface area contributed by atoms with Gasteiger partial charge in [0.1, 0.15) is 19.0 Å². The predicted octanol–water partition coefficient (Wildman–Crippen LogP) is 2.41. The van der Waals surface area contributed by atoms with Crippen LogP contribution in [0.15, 0.2) is 48.5 Å². The lowest BCUT2D eigenvalue weighted by Crippen LogP contribution is -2.38. The molecule has 3 rings (SSSR count). The fourth-order valence-corrected chi connectivity index (χ4v) is 2.91. The Morgan fingerprint density at radius 2 is 1.70 bits per heavy atom. The fraction of sp³-hybridized carbons (Fsp3) is 0.429. The van der Waals surface area contributed by atoms with E-state index in [1.54, 1.807) is 12.1 Å². The van der Waals surface area contributed by atoms with Crippen molar-refractivity contribution >= 4 is 16.1 Å². The summed E-state index contributed by atoms with van der Waals surface area (Å²) in [6.07, 6.45) is 0. The molecule has 1 saturated heterocycles. The summed E-state index contributed by atoms with van der Waals surface area (Å²) in [5.74, 6) is 0.773. The third-order valence-electron chi connectivity index (χ3n) is 4.55. The average Bonchev–Trinajstić information content (AvgIpc) is 2.84. The van der Waals surface area contributed by atoms with Gasteiger partial charge in [0, 0.05) is 31.8 Å². The van der Waals surface area contributed by atoms with Gasteiger partial charge < -0.3 is 14.2 Å². The normalized spacial score (nSPS) is 14.1. The molecule has 0 aliphatic carbocycles. The Morgan fingerprint density at radius 3 is 2.27 bits per heavy atom. The van der Waals surface area contributed by atoms with Crippen molar-refractivity contribution in [2.24, 2.45) is 0 Å². The number of nitro groups is 1. The van der Waals surface area contributed by atoms with E-state index in [0.29, 0.717) is 38.7 Å².